The molecule has 0 aromatic heterocycles. The Bertz CT molecular complexity index is 858. The van der Waals surface area contributed by atoms with Crippen LogP contribution in [-0.4, -0.2) is 69.7 Å². The third-order valence-electron chi connectivity index (χ3n) is 4.95. The van der Waals surface area contributed by atoms with Crippen LogP contribution in [0.5, 0.6) is 5.75 Å². The molecule has 8 N–H and O–H groups in total. The van der Waals surface area contributed by atoms with Crippen molar-refractivity contribution in [1.29, 1.82) is 0 Å². The van der Waals surface area contributed by atoms with Gasteiger partial charge in [0.05, 0.1) is 12.5 Å². The van der Waals surface area contributed by atoms with Gasteiger partial charge in [-0.15, -0.1) is 0 Å². The van der Waals surface area contributed by atoms with Gasteiger partial charge in [0, 0.05) is 0 Å². The molecule has 4 unspecified atom stereocenters. The molecule has 1 aromatic rings. The van der Waals surface area contributed by atoms with Crippen molar-refractivity contribution in [3.05, 3.63) is 29.8 Å². The summed E-state index contributed by atoms with van der Waals surface area (Å²) in [7, 11) is 0. The van der Waals surface area contributed by atoms with Crippen LogP contribution in [0, 0.1) is 5.92 Å². The van der Waals surface area contributed by atoms with Crippen LogP contribution in [0.15, 0.2) is 24.3 Å². The zero-order valence-corrected chi connectivity index (χ0v) is 18.4. The van der Waals surface area contributed by atoms with E-state index in [0.29, 0.717) is 12.0 Å². The van der Waals surface area contributed by atoms with E-state index in [9.17, 15) is 29.1 Å². The van der Waals surface area contributed by atoms with Crippen LogP contribution in [0.25, 0.3) is 0 Å². The van der Waals surface area contributed by atoms with E-state index in [1.54, 1.807) is 26.0 Å². The summed E-state index contributed by atoms with van der Waals surface area (Å²) in [6.07, 6.45) is -0.229. The molecule has 182 valence electrons. The number of benzene rings is 1. The minimum Gasteiger partial charge on any atom is -0.508 e. The van der Waals surface area contributed by atoms with Crippen LogP contribution in [0.2, 0.25) is 0 Å². The lowest BCUT2D eigenvalue weighted by molar-refractivity contribution is -0.142. The molecule has 0 saturated heterocycles. The maximum absolute atomic E-state index is 12.8. The fourth-order valence-corrected chi connectivity index (χ4v) is 2.87. The number of aromatic hydroxyl groups is 1. The molecule has 0 aliphatic heterocycles. The van der Waals surface area contributed by atoms with Gasteiger partial charge in [0.25, 0.3) is 0 Å². The summed E-state index contributed by atoms with van der Waals surface area (Å²) in [4.78, 5) is 59.6. The number of hydrogen-bond donors (Lipinski definition) is 7. The number of phenolic OH excluding ortho intramolecular Hbond substituents is 1. The monoisotopic (exact) mass is 466 g/mol. The Morgan fingerprint density at radius 2 is 1.55 bits per heavy atom. The highest BCUT2D eigenvalue weighted by Crippen LogP contribution is 2.12. The first kappa shape index (κ1) is 27.4. The zero-order valence-electron chi connectivity index (χ0n) is 18.4. The van der Waals surface area contributed by atoms with E-state index in [1.165, 1.54) is 12.1 Å². The highest BCUT2D eigenvalue weighted by atomic mass is 16.4. The summed E-state index contributed by atoms with van der Waals surface area (Å²) in [5.41, 5.74) is 6.52. The molecule has 0 radical (unpaired) electrons. The number of nitrogens with two attached hydrogens (primary N) is 1. The molecule has 0 fully saturated rings. The Balaban J connectivity index is 2.90. The maximum Gasteiger partial charge on any atom is 0.322 e. The van der Waals surface area contributed by atoms with Gasteiger partial charge in [-0.3, -0.25) is 24.0 Å². The Hall–Kier alpha value is -3.67. The molecule has 4 atom stereocenters. The molecule has 0 aliphatic carbocycles. The highest BCUT2D eigenvalue weighted by molar-refractivity contribution is 5.95. The molecule has 12 nitrogen and oxygen atoms in total. The summed E-state index contributed by atoms with van der Waals surface area (Å²) in [6.45, 7) is 2.76. The highest BCUT2D eigenvalue weighted by Gasteiger charge is 2.32. The van der Waals surface area contributed by atoms with Gasteiger partial charge in [-0.1, -0.05) is 32.4 Å². The summed E-state index contributed by atoms with van der Waals surface area (Å²) in [5.74, 6) is -5.43. The van der Waals surface area contributed by atoms with Crippen LogP contribution < -0.4 is 21.7 Å². The standard InChI is InChI=1S/C21H30N4O8/c1-3-11(2)18(21(33)23-10-17(29)30)25-20(32)15(9-16(27)28)24-19(31)14(22)8-12-4-6-13(26)7-5-12/h4-7,11,14-15,18,26H,3,8-10,22H2,1-2H3,(H,23,33)(H,24,31)(H,25,32)(H,27,28)(H,29,30). The summed E-state index contributed by atoms with van der Waals surface area (Å²) < 4.78 is 0. The Morgan fingerprint density at radius 3 is 2.06 bits per heavy atom. The number of carboxylic acids is 2. The van der Waals surface area contributed by atoms with Gasteiger partial charge in [-0.25, -0.2) is 0 Å². The van der Waals surface area contributed by atoms with E-state index in [0.717, 1.165) is 0 Å². The molecule has 33 heavy (non-hydrogen) atoms. The number of carbonyl (C=O) groups excluding carboxylic acids is 3. The zero-order chi connectivity index (χ0) is 25.1. The Kier molecular flexibility index (Phi) is 10.8. The second-order valence-corrected chi connectivity index (χ2v) is 7.62. The lowest BCUT2D eigenvalue weighted by atomic mass is 9.97. The Morgan fingerprint density at radius 1 is 0.939 bits per heavy atom. The van der Waals surface area contributed by atoms with Crippen molar-refractivity contribution in [3.8, 4) is 5.75 Å². The summed E-state index contributed by atoms with van der Waals surface area (Å²) in [6, 6.07) is 2.21. The maximum atomic E-state index is 12.8. The van der Waals surface area contributed by atoms with E-state index >= 15 is 0 Å². The van der Waals surface area contributed by atoms with Gasteiger partial charge in [-0.05, 0) is 30.0 Å². The SMILES string of the molecule is CCC(C)C(NC(=O)C(CC(=O)O)NC(=O)C(N)Cc1ccc(O)cc1)C(=O)NCC(=O)O. The summed E-state index contributed by atoms with van der Waals surface area (Å²) in [5, 5.41) is 34.1. The van der Waals surface area contributed by atoms with Gasteiger partial charge < -0.3 is 37.0 Å². The van der Waals surface area contributed by atoms with Crippen LogP contribution in [0.4, 0.5) is 0 Å². The van der Waals surface area contributed by atoms with Gasteiger partial charge >= 0.3 is 11.9 Å². The topological polar surface area (TPSA) is 208 Å². The molecule has 3 amide bonds. The molecular formula is C21H30N4O8. The molecule has 12 heteroatoms. The third kappa shape index (κ3) is 9.56. The van der Waals surface area contributed by atoms with Crippen molar-refractivity contribution in [3.63, 3.8) is 0 Å². The van der Waals surface area contributed by atoms with Crippen molar-refractivity contribution in [2.45, 2.75) is 51.2 Å². The average molecular weight is 466 g/mol. The van der Waals surface area contributed by atoms with Gasteiger partial charge in [0.1, 0.15) is 24.4 Å². The number of aliphatic carboxylic acids is 2. The van der Waals surface area contributed by atoms with E-state index in [4.69, 9.17) is 15.9 Å². The number of hydrogen-bond acceptors (Lipinski definition) is 7. The molecule has 1 rings (SSSR count). The first-order valence-corrected chi connectivity index (χ1v) is 10.3. The van der Waals surface area contributed by atoms with Crippen LogP contribution in [-0.2, 0) is 30.4 Å². The lowest BCUT2D eigenvalue weighted by Gasteiger charge is -2.26. The van der Waals surface area contributed by atoms with Crippen LogP contribution >= 0.6 is 0 Å². The van der Waals surface area contributed by atoms with Crippen molar-refractivity contribution >= 4 is 29.7 Å². The van der Waals surface area contributed by atoms with Gasteiger partial charge in [0.15, 0.2) is 0 Å². The van der Waals surface area contributed by atoms with Crippen molar-refractivity contribution in [1.82, 2.24) is 16.0 Å². The fraction of sp³-hybridized carbons (Fsp3) is 0.476. The summed E-state index contributed by atoms with van der Waals surface area (Å²) >= 11 is 0. The number of amides is 3. The molecule has 0 spiro atoms. The largest absolute Gasteiger partial charge is 0.508 e. The van der Waals surface area contributed by atoms with Crippen molar-refractivity contribution in [2.75, 3.05) is 6.54 Å². The second kappa shape index (κ2) is 13.0. The predicted molar refractivity (Wildman–Crippen MR) is 116 cm³/mol. The van der Waals surface area contributed by atoms with E-state index < -0.39 is 66.7 Å². The third-order valence-corrected chi connectivity index (χ3v) is 4.95. The van der Waals surface area contributed by atoms with E-state index in [1.807, 2.05) is 0 Å². The molecule has 0 saturated carbocycles. The van der Waals surface area contributed by atoms with Crippen LogP contribution in [0.1, 0.15) is 32.3 Å². The molecule has 1 aromatic carbocycles. The minimum absolute atomic E-state index is 0.0400. The van der Waals surface area contributed by atoms with Crippen molar-refractivity contribution < 1.29 is 39.3 Å². The van der Waals surface area contributed by atoms with Crippen LogP contribution in [0.3, 0.4) is 0 Å². The molecule has 0 heterocycles. The molecular weight excluding hydrogens is 436 g/mol. The number of carbonyl (C=O) groups is 5. The number of phenols is 1. The normalized spacial score (nSPS) is 14.3. The average Bonchev–Trinajstić information content (AvgIpc) is 2.75. The smallest absolute Gasteiger partial charge is 0.322 e. The minimum atomic E-state index is -1.51. The fourth-order valence-electron chi connectivity index (χ4n) is 2.87. The van der Waals surface area contributed by atoms with Gasteiger partial charge in [0.2, 0.25) is 17.7 Å². The first-order valence-electron chi connectivity index (χ1n) is 10.3. The van der Waals surface area contributed by atoms with E-state index in [2.05, 4.69) is 16.0 Å². The first-order chi connectivity index (χ1) is 15.4. The van der Waals surface area contributed by atoms with Gasteiger partial charge in [-0.2, -0.15) is 0 Å². The molecule has 0 aliphatic rings. The van der Waals surface area contributed by atoms with Crippen molar-refractivity contribution in [2.24, 2.45) is 11.7 Å². The quantitative estimate of drug-likeness (QED) is 0.189. The lowest BCUT2D eigenvalue weighted by Crippen LogP contribution is -2.58. The van der Waals surface area contributed by atoms with E-state index in [-0.39, 0.29) is 12.2 Å². The number of nitrogens with one attached hydrogen (secondary N) is 3. The second-order valence-electron chi connectivity index (χ2n) is 7.62. The number of rotatable bonds is 13. The predicted octanol–water partition coefficient (Wildman–Crippen LogP) is -1.05. The Labute approximate surface area is 190 Å². The number of carboxylic acid groups (broad SMARTS) is 2. The molecule has 0 bridgehead atoms.